The van der Waals surface area contributed by atoms with Crippen LogP contribution in [0.5, 0.6) is 0 Å². The molecule has 0 unspecified atom stereocenters. The van der Waals surface area contributed by atoms with Gasteiger partial charge < -0.3 is 24.0 Å². The largest absolute Gasteiger partial charge is 0.466 e. The Morgan fingerprint density at radius 3 is 2.58 bits per heavy atom. The summed E-state index contributed by atoms with van der Waals surface area (Å²) in [6.07, 6.45) is 0.710. The minimum Gasteiger partial charge on any atom is -0.466 e. The number of carbonyl (C=O) groups is 3. The third kappa shape index (κ3) is 3.03. The third-order valence-electron chi connectivity index (χ3n) is 4.53. The Kier molecular flexibility index (Phi) is 4.94. The highest BCUT2D eigenvalue weighted by Gasteiger charge is 2.33. The van der Waals surface area contributed by atoms with Gasteiger partial charge in [0, 0.05) is 24.8 Å². The van der Waals surface area contributed by atoms with E-state index in [1.807, 2.05) is 6.07 Å². The predicted octanol–water partition coefficient (Wildman–Crippen LogP) is 0.709. The first-order valence-corrected chi connectivity index (χ1v) is 8.11. The summed E-state index contributed by atoms with van der Waals surface area (Å²) in [5.74, 6) is -1.33. The molecule has 1 aromatic carbocycles. The quantitative estimate of drug-likeness (QED) is 0.734. The van der Waals surface area contributed by atoms with Gasteiger partial charge in [-0.25, -0.2) is 9.59 Å². The number of nitrogens with zero attached hydrogens (tertiary/aromatic N) is 2. The first-order valence-electron chi connectivity index (χ1n) is 8.11. The minimum atomic E-state index is -0.651. The summed E-state index contributed by atoms with van der Waals surface area (Å²) in [5, 5.41) is 0. The summed E-state index contributed by atoms with van der Waals surface area (Å²) in [5.41, 5.74) is 2.35. The number of hydrogen-bond donors (Lipinski definition) is 0. The van der Waals surface area contributed by atoms with E-state index >= 15 is 0 Å². The number of rotatable bonds is 3. The monoisotopic (exact) mass is 360 g/mol. The maximum absolute atomic E-state index is 12.3. The van der Waals surface area contributed by atoms with Crippen LogP contribution in [0.4, 0.5) is 5.69 Å². The van der Waals surface area contributed by atoms with Crippen molar-refractivity contribution in [2.75, 3.05) is 46.0 Å². The summed E-state index contributed by atoms with van der Waals surface area (Å²) < 4.78 is 15.1. The molecular weight excluding hydrogens is 340 g/mol. The number of methoxy groups -OCH3 is 2. The minimum absolute atomic E-state index is 0.0355. The van der Waals surface area contributed by atoms with Crippen molar-refractivity contribution in [1.82, 2.24) is 4.90 Å². The Labute approximate surface area is 150 Å². The lowest BCUT2D eigenvalue weighted by Gasteiger charge is -2.32. The molecule has 0 spiro atoms. The van der Waals surface area contributed by atoms with Crippen molar-refractivity contribution in [3.8, 4) is 0 Å². The number of anilines is 1. The van der Waals surface area contributed by atoms with Crippen molar-refractivity contribution in [3.63, 3.8) is 0 Å². The Morgan fingerprint density at radius 1 is 1.15 bits per heavy atom. The molecule has 0 radical (unpaired) electrons. The average molecular weight is 360 g/mol. The fraction of sp³-hybridized carbons (Fsp3) is 0.389. The maximum atomic E-state index is 12.3. The standard InChI is InChI=1S/C18H20N2O6/c1-19-7-6-11-8-12(4-5-13(11)16(19)21)20-10-26-9-14(17(22)24-2)15(20)18(23)25-3/h4-5,8H,6-7,9-10H2,1-3H3. The van der Waals surface area contributed by atoms with E-state index in [0.717, 1.165) is 5.56 Å². The lowest BCUT2D eigenvalue weighted by atomic mass is 9.98. The SMILES string of the molecule is COC(=O)C1=C(C(=O)OC)N(c2ccc3c(c2)CCN(C)C3=O)COC1. The van der Waals surface area contributed by atoms with Gasteiger partial charge >= 0.3 is 11.9 Å². The van der Waals surface area contributed by atoms with Crippen molar-refractivity contribution >= 4 is 23.5 Å². The van der Waals surface area contributed by atoms with Gasteiger partial charge in [0.15, 0.2) is 0 Å². The Hall–Kier alpha value is -2.87. The van der Waals surface area contributed by atoms with E-state index in [1.54, 1.807) is 29.0 Å². The van der Waals surface area contributed by atoms with Crippen LogP contribution in [0.2, 0.25) is 0 Å². The lowest BCUT2D eigenvalue weighted by Crippen LogP contribution is -2.39. The number of likely N-dealkylation sites (N-methyl/N-ethyl adjacent to an activating group) is 1. The van der Waals surface area contributed by atoms with Gasteiger partial charge in [-0.05, 0) is 30.2 Å². The number of esters is 2. The van der Waals surface area contributed by atoms with Gasteiger partial charge in [-0.3, -0.25) is 4.79 Å². The normalized spacial score (nSPS) is 17.1. The molecule has 0 aromatic heterocycles. The molecule has 0 N–H and O–H groups in total. The van der Waals surface area contributed by atoms with Gasteiger partial charge in [0.1, 0.15) is 12.4 Å². The zero-order valence-corrected chi connectivity index (χ0v) is 14.9. The Balaban J connectivity index is 2.06. The number of ether oxygens (including phenoxy) is 3. The van der Waals surface area contributed by atoms with Gasteiger partial charge in [-0.15, -0.1) is 0 Å². The highest BCUT2D eigenvalue weighted by atomic mass is 16.5. The fourth-order valence-corrected chi connectivity index (χ4v) is 3.11. The highest BCUT2D eigenvalue weighted by molar-refractivity contribution is 6.03. The second kappa shape index (κ2) is 7.17. The van der Waals surface area contributed by atoms with Crippen LogP contribution in [-0.4, -0.2) is 63.9 Å². The molecule has 138 valence electrons. The van der Waals surface area contributed by atoms with E-state index in [0.29, 0.717) is 24.2 Å². The maximum Gasteiger partial charge on any atom is 0.355 e. The van der Waals surface area contributed by atoms with E-state index in [9.17, 15) is 14.4 Å². The fourth-order valence-electron chi connectivity index (χ4n) is 3.11. The lowest BCUT2D eigenvalue weighted by molar-refractivity contribution is -0.140. The molecule has 0 saturated carbocycles. The van der Waals surface area contributed by atoms with Crippen molar-refractivity contribution in [3.05, 3.63) is 40.6 Å². The molecule has 8 nitrogen and oxygen atoms in total. The molecule has 8 heteroatoms. The second-order valence-corrected chi connectivity index (χ2v) is 6.03. The smallest absolute Gasteiger partial charge is 0.355 e. The van der Waals surface area contributed by atoms with E-state index in [1.165, 1.54) is 14.2 Å². The molecule has 0 fully saturated rings. The van der Waals surface area contributed by atoms with E-state index < -0.39 is 11.9 Å². The molecular formula is C18H20N2O6. The Morgan fingerprint density at radius 2 is 1.88 bits per heavy atom. The number of fused-ring (bicyclic) bond motifs is 1. The van der Waals surface area contributed by atoms with Gasteiger partial charge in [-0.1, -0.05) is 0 Å². The zero-order valence-electron chi connectivity index (χ0n) is 14.9. The number of hydrogen-bond acceptors (Lipinski definition) is 7. The van der Waals surface area contributed by atoms with E-state index in [-0.39, 0.29) is 30.5 Å². The summed E-state index contributed by atoms with van der Waals surface area (Å²) >= 11 is 0. The van der Waals surface area contributed by atoms with Crippen molar-refractivity contribution in [1.29, 1.82) is 0 Å². The highest BCUT2D eigenvalue weighted by Crippen LogP contribution is 2.30. The van der Waals surface area contributed by atoms with Crippen LogP contribution in [0.3, 0.4) is 0 Å². The molecule has 2 aliphatic heterocycles. The molecule has 0 saturated heterocycles. The second-order valence-electron chi connectivity index (χ2n) is 6.03. The molecule has 2 aliphatic rings. The van der Waals surface area contributed by atoms with Crippen LogP contribution in [0.1, 0.15) is 15.9 Å². The van der Waals surface area contributed by atoms with Gasteiger partial charge in [-0.2, -0.15) is 0 Å². The molecule has 0 bridgehead atoms. The summed E-state index contributed by atoms with van der Waals surface area (Å²) in [4.78, 5) is 39.8. The number of benzene rings is 1. The molecule has 0 aliphatic carbocycles. The van der Waals surface area contributed by atoms with Crippen LogP contribution in [0.15, 0.2) is 29.5 Å². The first-order chi connectivity index (χ1) is 12.5. The zero-order chi connectivity index (χ0) is 18.8. The predicted molar refractivity (Wildman–Crippen MR) is 91.5 cm³/mol. The van der Waals surface area contributed by atoms with E-state index in [2.05, 4.69) is 0 Å². The van der Waals surface area contributed by atoms with Crippen LogP contribution in [0.25, 0.3) is 0 Å². The summed E-state index contributed by atoms with van der Waals surface area (Å²) in [7, 11) is 4.25. The van der Waals surface area contributed by atoms with Crippen molar-refractivity contribution < 1.29 is 28.6 Å². The molecule has 1 amide bonds. The van der Waals surface area contributed by atoms with Crippen LogP contribution in [-0.2, 0) is 30.2 Å². The van der Waals surface area contributed by atoms with E-state index in [4.69, 9.17) is 14.2 Å². The van der Waals surface area contributed by atoms with Crippen LogP contribution >= 0.6 is 0 Å². The number of amides is 1. The number of carbonyl (C=O) groups excluding carboxylic acids is 3. The van der Waals surface area contributed by atoms with Crippen LogP contribution < -0.4 is 4.90 Å². The molecule has 3 rings (SSSR count). The third-order valence-corrected chi connectivity index (χ3v) is 4.53. The van der Waals surface area contributed by atoms with Gasteiger partial charge in [0.25, 0.3) is 5.91 Å². The summed E-state index contributed by atoms with van der Waals surface area (Å²) in [6.45, 7) is 0.665. The molecule has 0 atom stereocenters. The summed E-state index contributed by atoms with van der Waals surface area (Å²) in [6, 6.07) is 5.29. The van der Waals surface area contributed by atoms with Gasteiger partial charge in [0.05, 0.1) is 26.4 Å². The first kappa shape index (κ1) is 17.9. The molecule has 1 aromatic rings. The molecule has 26 heavy (non-hydrogen) atoms. The van der Waals surface area contributed by atoms with Crippen LogP contribution in [0, 0.1) is 0 Å². The average Bonchev–Trinajstić information content (AvgIpc) is 2.68. The Bertz CT molecular complexity index is 801. The van der Waals surface area contributed by atoms with Crippen molar-refractivity contribution in [2.24, 2.45) is 0 Å². The van der Waals surface area contributed by atoms with Gasteiger partial charge in [0.2, 0.25) is 0 Å². The molecule has 2 heterocycles. The topological polar surface area (TPSA) is 85.4 Å². The van der Waals surface area contributed by atoms with Crippen molar-refractivity contribution in [2.45, 2.75) is 6.42 Å².